The van der Waals surface area contributed by atoms with E-state index in [0.717, 1.165) is 11.1 Å². The van der Waals surface area contributed by atoms with Gasteiger partial charge in [0.05, 0.1) is 19.8 Å². The van der Waals surface area contributed by atoms with Crippen LogP contribution >= 0.6 is 0 Å². The molecule has 7 nitrogen and oxygen atoms in total. The molecule has 0 aliphatic carbocycles. The average molecular weight is 420 g/mol. The van der Waals surface area contributed by atoms with Crippen molar-refractivity contribution >= 4 is 5.97 Å². The van der Waals surface area contributed by atoms with Gasteiger partial charge in [0, 0.05) is 19.6 Å². The summed E-state index contributed by atoms with van der Waals surface area (Å²) >= 11 is 0. The number of benzene rings is 2. The summed E-state index contributed by atoms with van der Waals surface area (Å²) in [7, 11) is 0. The zero-order valence-corrected chi connectivity index (χ0v) is 17.7. The van der Waals surface area contributed by atoms with E-state index in [0.29, 0.717) is 25.6 Å². The van der Waals surface area contributed by atoms with Gasteiger partial charge in [0.25, 0.3) is 0 Å². The Bertz CT molecular complexity index is 721. The van der Waals surface area contributed by atoms with Crippen LogP contribution in [0.15, 0.2) is 48.5 Å². The van der Waals surface area contributed by atoms with E-state index in [1.165, 1.54) is 0 Å². The summed E-state index contributed by atoms with van der Waals surface area (Å²) in [6, 6.07) is 14.5. The van der Waals surface area contributed by atoms with Gasteiger partial charge < -0.3 is 25.2 Å². The number of aliphatic hydroxyl groups is 3. The van der Waals surface area contributed by atoms with E-state index in [9.17, 15) is 9.90 Å². The highest BCUT2D eigenvalue weighted by Crippen LogP contribution is 2.24. The van der Waals surface area contributed by atoms with Gasteiger partial charge in [-0.2, -0.15) is 0 Å². The number of carbonyl (C=O) groups excluding carboxylic acids is 1. The molecule has 0 aromatic heterocycles. The lowest BCUT2D eigenvalue weighted by Gasteiger charge is -2.17. The zero-order valence-electron chi connectivity index (χ0n) is 17.7. The van der Waals surface area contributed by atoms with E-state index in [1.54, 1.807) is 17.0 Å². The Kier molecular flexibility index (Phi) is 12.4. The second-order valence-electron chi connectivity index (χ2n) is 7.01. The number of aromatic hydroxyl groups is 1. The van der Waals surface area contributed by atoms with Crippen LogP contribution in [0.3, 0.4) is 0 Å². The molecule has 2 aromatic carbocycles. The number of esters is 1. The van der Waals surface area contributed by atoms with Gasteiger partial charge in [-0.05, 0) is 29.2 Å². The summed E-state index contributed by atoms with van der Waals surface area (Å²) in [4.78, 5) is 13.7. The van der Waals surface area contributed by atoms with Gasteiger partial charge in [-0.15, -0.1) is 0 Å². The van der Waals surface area contributed by atoms with Crippen molar-refractivity contribution in [2.45, 2.75) is 26.4 Å². The summed E-state index contributed by atoms with van der Waals surface area (Å²) in [6.45, 7) is 6.01. The van der Waals surface area contributed by atoms with Crippen LogP contribution in [0.5, 0.6) is 5.75 Å². The van der Waals surface area contributed by atoms with Crippen molar-refractivity contribution in [1.82, 2.24) is 4.90 Å². The minimum Gasteiger partial charge on any atom is -0.507 e. The summed E-state index contributed by atoms with van der Waals surface area (Å²) in [5.74, 6) is -0.244. The van der Waals surface area contributed by atoms with Gasteiger partial charge in [-0.1, -0.05) is 50.2 Å². The van der Waals surface area contributed by atoms with Crippen molar-refractivity contribution in [2.75, 3.05) is 39.5 Å². The Hall–Kier alpha value is -2.45. The first-order valence-electron chi connectivity index (χ1n) is 10.0. The third-order valence-corrected chi connectivity index (χ3v) is 4.37. The highest BCUT2D eigenvalue weighted by Gasteiger charge is 2.14. The molecule has 4 N–H and O–H groups in total. The van der Waals surface area contributed by atoms with Gasteiger partial charge in [0.2, 0.25) is 0 Å². The predicted molar refractivity (Wildman–Crippen MR) is 115 cm³/mol. The topological polar surface area (TPSA) is 110 Å². The first-order chi connectivity index (χ1) is 14.4. The third-order valence-electron chi connectivity index (χ3n) is 4.37. The normalized spacial score (nSPS) is 10.6. The van der Waals surface area contributed by atoms with Crippen molar-refractivity contribution in [3.05, 3.63) is 65.2 Å². The molecule has 2 aromatic rings. The van der Waals surface area contributed by atoms with E-state index >= 15 is 0 Å². The number of hydrogen-bond acceptors (Lipinski definition) is 7. The molecule has 0 bridgehead atoms. The fourth-order valence-corrected chi connectivity index (χ4v) is 2.64. The maximum atomic E-state index is 11.9. The highest BCUT2D eigenvalue weighted by molar-refractivity contribution is 5.92. The van der Waals surface area contributed by atoms with Crippen LogP contribution in [0.4, 0.5) is 0 Å². The molecule has 0 saturated carbocycles. The maximum Gasteiger partial charge on any atom is 0.342 e. The molecule has 0 spiro atoms. The van der Waals surface area contributed by atoms with Gasteiger partial charge >= 0.3 is 5.97 Å². The number of phenolic OH excluding ortho intramolecular Hbond substituents is 1. The lowest BCUT2D eigenvalue weighted by Crippen LogP contribution is -2.32. The van der Waals surface area contributed by atoms with Gasteiger partial charge in [0.1, 0.15) is 17.9 Å². The Labute approximate surface area is 178 Å². The number of hydrogen-bond donors (Lipinski definition) is 4. The van der Waals surface area contributed by atoms with E-state index in [4.69, 9.17) is 20.1 Å². The minimum absolute atomic E-state index is 0.0331. The van der Waals surface area contributed by atoms with Gasteiger partial charge in [0.15, 0.2) is 0 Å². The average Bonchev–Trinajstić information content (AvgIpc) is 2.73. The molecule has 0 radical (unpaired) electrons. The third kappa shape index (κ3) is 9.37. The smallest absolute Gasteiger partial charge is 0.342 e. The molecule has 0 saturated heterocycles. The van der Waals surface area contributed by atoms with Crippen LogP contribution in [0.1, 0.15) is 41.3 Å². The Morgan fingerprint density at radius 2 is 1.50 bits per heavy atom. The first-order valence-corrected chi connectivity index (χ1v) is 10.0. The quantitative estimate of drug-likeness (QED) is 0.437. The zero-order chi connectivity index (χ0) is 22.4. The highest BCUT2D eigenvalue weighted by atomic mass is 16.5. The summed E-state index contributed by atoms with van der Waals surface area (Å²) in [5, 5.41) is 35.4. The van der Waals surface area contributed by atoms with E-state index < -0.39 is 5.97 Å². The maximum absolute atomic E-state index is 11.9. The molecule has 2 rings (SSSR count). The molecular weight excluding hydrogens is 386 g/mol. The Morgan fingerprint density at radius 1 is 0.933 bits per heavy atom. The van der Waals surface area contributed by atoms with Crippen LogP contribution < -0.4 is 0 Å². The van der Waals surface area contributed by atoms with E-state index in [-0.39, 0.29) is 37.7 Å². The van der Waals surface area contributed by atoms with Crippen molar-refractivity contribution in [3.63, 3.8) is 0 Å². The Morgan fingerprint density at radius 3 is 1.97 bits per heavy atom. The van der Waals surface area contributed by atoms with E-state index in [2.05, 4.69) is 0 Å². The Balaban J connectivity index is 0.000000382. The SMILES string of the molecule is CC(C)c1ccc(C(=O)OCc2ccccc2)c(O)c1.OCCN(CCO)CCO. The van der Waals surface area contributed by atoms with Crippen molar-refractivity contribution in [3.8, 4) is 5.75 Å². The van der Waals surface area contributed by atoms with E-state index in [1.807, 2.05) is 50.2 Å². The van der Waals surface area contributed by atoms with Crippen LogP contribution in [0.2, 0.25) is 0 Å². The molecule has 0 amide bonds. The first kappa shape index (κ1) is 25.6. The lowest BCUT2D eigenvalue weighted by molar-refractivity contribution is 0.0469. The molecule has 0 unspecified atom stereocenters. The number of phenols is 1. The fourth-order valence-electron chi connectivity index (χ4n) is 2.64. The number of ether oxygens (including phenoxy) is 1. The molecule has 30 heavy (non-hydrogen) atoms. The molecule has 166 valence electrons. The van der Waals surface area contributed by atoms with Gasteiger partial charge in [-0.25, -0.2) is 4.79 Å². The number of rotatable bonds is 10. The fraction of sp³-hybridized carbons (Fsp3) is 0.435. The largest absolute Gasteiger partial charge is 0.507 e. The molecule has 0 heterocycles. The number of nitrogens with zero attached hydrogens (tertiary/aromatic N) is 1. The molecule has 0 atom stereocenters. The second-order valence-corrected chi connectivity index (χ2v) is 7.01. The van der Waals surface area contributed by atoms with Crippen molar-refractivity contribution < 1.29 is 30.0 Å². The summed E-state index contributed by atoms with van der Waals surface area (Å²) in [5.41, 5.74) is 2.10. The minimum atomic E-state index is -0.512. The summed E-state index contributed by atoms with van der Waals surface area (Å²) < 4.78 is 5.20. The van der Waals surface area contributed by atoms with Crippen LogP contribution in [0.25, 0.3) is 0 Å². The van der Waals surface area contributed by atoms with Crippen LogP contribution in [-0.4, -0.2) is 70.8 Å². The van der Waals surface area contributed by atoms with Crippen LogP contribution in [0, 0.1) is 0 Å². The molecular formula is C23H33NO6. The molecule has 0 fully saturated rings. The molecule has 7 heteroatoms. The van der Waals surface area contributed by atoms with Crippen molar-refractivity contribution in [2.24, 2.45) is 0 Å². The summed E-state index contributed by atoms with van der Waals surface area (Å²) in [6.07, 6.45) is 0. The number of carbonyl (C=O) groups is 1. The predicted octanol–water partition coefficient (Wildman–Crippen LogP) is 2.14. The van der Waals surface area contributed by atoms with Crippen molar-refractivity contribution in [1.29, 1.82) is 0 Å². The van der Waals surface area contributed by atoms with Crippen LogP contribution in [-0.2, 0) is 11.3 Å². The molecule has 0 aliphatic heterocycles. The lowest BCUT2D eigenvalue weighted by atomic mass is 10.0. The number of aliphatic hydroxyl groups excluding tert-OH is 3. The van der Waals surface area contributed by atoms with Gasteiger partial charge in [-0.3, -0.25) is 4.90 Å². The molecule has 0 aliphatic rings. The monoisotopic (exact) mass is 419 g/mol. The second kappa shape index (κ2) is 14.5. The standard InChI is InChI=1S/C17H18O3.C6H15NO3/c1-12(2)14-8-9-15(16(18)10-14)17(19)20-11-13-6-4-3-5-7-13;8-4-1-7(2-5-9)3-6-10/h3-10,12,18H,11H2,1-2H3;8-10H,1-6H2.